The topological polar surface area (TPSA) is 4.93 Å². The van der Waals surface area contributed by atoms with Gasteiger partial charge < -0.3 is 4.57 Å². The van der Waals surface area contributed by atoms with Crippen LogP contribution in [0.2, 0.25) is 0 Å². The molecule has 0 aliphatic heterocycles. The zero-order valence-electron chi connectivity index (χ0n) is 26.8. The van der Waals surface area contributed by atoms with E-state index in [1.54, 1.807) is 0 Å². The van der Waals surface area contributed by atoms with Crippen molar-refractivity contribution in [1.29, 1.82) is 0 Å². The zero-order valence-corrected chi connectivity index (χ0v) is 26.8. The maximum Gasteiger partial charge on any atom is 0.0477 e. The van der Waals surface area contributed by atoms with Crippen LogP contribution in [0, 0.1) is 6.92 Å². The fourth-order valence-electron chi connectivity index (χ4n) is 4.36. The Hall–Kier alpha value is -3.58. The molecule has 0 saturated heterocycles. The quantitative estimate of drug-likeness (QED) is 0.174. The molecule has 1 nitrogen and oxygen atoms in total. The molecule has 210 valence electrons. The minimum absolute atomic E-state index is 1.29. The summed E-state index contributed by atoms with van der Waals surface area (Å²) in [5.74, 6) is 0. The van der Waals surface area contributed by atoms with E-state index in [1.807, 2.05) is 69.2 Å². The summed E-state index contributed by atoms with van der Waals surface area (Å²) in [4.78, 5) is 0. The Labute approximate surface area is 239 Å². The average molecular weight is 524 g/mol. The molecule has 0 saturated carbocycles. The first kappa shape index (κ1) is 35.4. The Morgan fingerprint density at radius 3 is 1.28 bits per heavy atom. The molecule has 0 bridgehead atoms. The molecule has 6 aromatic rings. The first-order valence-corrected chi connectivity index (χ1v) is 15.0. The lowest BCUT2D eigenvalue weighted by atomic mass is 9.92. The van der Waals surface area contributed by atoms with E-state index in [0.29, 0.717) is 0 Å². The van der Waals surface area contributed by atoms with Crippen molar-refractivity contribution in [3.05, 3.63) is 109 Å². The lowest BCUT2D eigenvalue weighted by Crippen LogP contribution is -1.85. The molecule has 0 unspecified atom stereocenters. The van der Waals surface area contributed by atoms with Crippen LogP contribution in [0.25, 0.3) is 43.2 Å². The summed E-state index contributed by atoms with van der Waals surface area (Å²) >= 11 is 0. The standard InChI is InChI=1S/C19H14.C9H9N.5C2H6/c1-13-7-6-12-18-16-9-3-2-8-14(16)15-10-4-5-11-17(15)19(13)18;1-10-7-6-8-4-2-3-5-9(8)10;5*1-2/h2-12H,1H3;2-7H,1H3;5*1-2H3. The largest absolute Gasteiger partial charge is 0.351 e. The average Bonchev–Trinajstić information content (AvgIpc) is 3.43. The summed E-state index contributed by atoms with van der Waals surface area (Å²) in [5, 5.41) is 9.45. The number of aromatic nitrogens is 1. The van der Waals surface area contributed by atoms with Gasteiger partial charge in [0.25, 0.3) is 0 Å². The van der Waals surface area contributed by atoms with Crippen LogP contribution in [0.5, 0.6) is 0 Å². The van der Waals surface area contributed by atoms with Gasteiger partial charge in [0.2, 0.25) is 0 Å². The van der Waals surface area contributed by atoms with Crippen LogP contribution in [0.3, 0.4) is 0 Å². The van der Waals surface area contributed by atoms with Gasteiger partial charge in [-0.15, -0.1) is 0 Å². The molecule has 0 amide bonds. The number of aryl methyl sites for hydroxylation is 2. The van der Waals surface area contributed by atoms with Crippen molar-refractivity contribution in [2.45, 2.75) is 76.2 Å². The molecule has 1 heteroatoms. The highest BCUT2D eigenvalue weighted by Crippen LogP contribution is 2.36. The number of nitrogens with zero attached hydrogens (tertiary/aromatic N) is 1. The van der Waals surface area contributed by atoms with Gasteiger partial charge in [-0.05, 0) is 62.3 Å². The fourth-order valence-corrected chi connectivity index (χ4v) is 4.36. The van der Waals surface area contributed by atoms with E-state index in [4.69, 9.17) is 0 Å². The van der Waals surface area contributed by atoms with Gasteiger partial charge in [0.1, 0.15) is 0 Å². The molecule has 39 heavy (non-hydrogen) atoms. The van der Waals surface area contributed by atoms with Crippen LogP contribution in [0.1, 0.15) is 74.8 Å². The molecule has 0 aliphatic rings. The summed E-state index contributed by atoms with van der Waals surface area (Å²) in [6.07, 6.45) is 2.07. The minimum Gasteiger partial charge on any atom is -0.351 e. The van der Waals surface area contributed by atoms with E-state index in [1.165, 1.54) is 48.8 Å². The van der Waals surface area contributed by atoms with E-state index in [9.17, 15) is 0 Å². The lowest BCUT2D eigenvalue weighted by molar-refractivity contribution is 0.969. The number of fused-ring (bicyclic) bond motifs is 7. The lowest BCUT2D eigenvalue weighted by Gasteiger charge is -2.11. The van der Waals surface area contributed by atoms with Gasteiger partial charge >= 0.3 is 0 Å². The number of hydrogen-bond acceptors (Lipinski definition) is 0. The fraction of sp³-hybridized carbons (Fsp3) is 0.316. The second-order valence-corrected chi connectivity index (χ2v) is 7.57. The van der Waals surface area contributed by atoms with Gasteiger partial charge in [-0.3, -0.25) is 0 Å². The smallest absolute Gasteiger partial charge is 0.0477 e. The van der Waals surface area contributed by atoms with Crippen molar-refractivity contribution < 1.29 is 0 Å². The molecule has 6 rings (SSSR count). The number of benzene rings is 5. The van der Waals surface area contributed by atoms with Gasteiger partial charge in [0.05, 0.1) is 0 Å². The van der Waals surface area contributed by atoms with Gasteiger partial charge in [0, 0.05) is 18.8 Å². The third-order valence-electron chi connectivity index (χ3n) is 5.77. The monoisotopic (exact) mass is 523 g/mol. The molecule has 0 aliphatic carbocycles. The summed E-state index contributed by atoms with van der Waals surface area (Å²) in [5.41, 5.74) is 2.64. The molecule has 1 heterocycles. The Balaban J connectivity index is 0.000000613. The van der Waals surface area contributed by atoms with Crippen molar-refractivity contribution in [1.82, 2.24) is 4.57 Å². The van der Waals surface area contributed by atoms with Crippen LogP contribution in [-0.4, -0.2) is 4.57 Å². The summed E-state index contributed by atoms with van der Waals surface area (Å²) in [6.45, 7) is 22.2. The highest BCUT2D eigenvalue weighted by atomic mass is 14.9. The minimum atomic E-state index is 1.29. The molecule has 0 fully saturated rings. The van der Waals surface area contributed by atoms with Crippen molar-refractivity contribution in [2.24, 2.45) is 7.05 Å². The van der Waals surface area contributed by atoms with E-state index in [-0.39, 0.29) is 0 Å². The van der Waals surface area contributed by atoms with Crippen LogP contribution >= 0.6 is 0 Å². The second kappa shape index (κ2) is 20.4. The molecule has 0 atom stereocenters. The van der Waals surface area contributed by atoms with E-state index in [0.717, 1.165) is 0 Å². The maximum absolute atomic E-state index is 2.23. The third-order valence-corrected chi connectivity index (χ3v) is 5.77. The normalized spacial score (nSPS) is 9.03. The van der Waals surface area contributed by atoms with Crippen LogP contribution in [-0.2, 0) is 7.05 Å². The first-order chi connectivity index (χ1) is 19.2. The van der Waals surface area contributed by atoms with Gasteiger partial charge in [-0.1, -0.05) is 154 Å². The predicted octanol–water partition coefficient (Wildman–Crippen LogP) is 12.8. The Morgan fingerprint density at radius 2 is 0.795 bits per heavy atom. The molecular weight excluding hydrogens is 470 g/mol. The summed E-state index contributed by atoms with van der Waals surface area (Å²) in [7, 11) is 2.06. The van der Waals surface area contributed by atoms with E-state index >= 15 is 0 Å². The van der Waals surface area contributed by atoms with Gasteiger partial charge in [-0.2, -0.15) is 0 Å². The summed E-state index contributed by atoms with van der Waals surface area (Å²) < 4.78 is 2.12. The maximum atomic E-state index is 2.23. The van der Waals surface area contributed by atoms with Crippen LogP contribution in [0.4, 0.5) is 0 Å². The van der Waals surface area contributed by atoms with Crippen molar-refractivity contribution >= 4 is 43.2 Å². The molecule has 5 aromatic carbocycles. The first-order valence-electron chi connectivity index (χ1n) is 15.0. The second-order valence-electron chi connectivity index (χ2n) is 7.57. The Kier molecular flexibility index (Phi) is 18.5. The van der Waals surface area contributed by atoms with Gasteiger partial charge in [-0.25, -0.2) is 0 Å². The van der Waals surface area contributed by atoms with E-state index in [2.05, 4.69) is 122 Å². The highest BCUT2D eigenvalue weighted by molar-refractivity contribution is 6.25. The number of para-hydroxylation sites is 1. The van der Waals surface area contributed by atoms with Crippen LogP contribution in [0.15, 0.2) is 103 Å². The highest BCUT2D eigenvalue weighted by Gasteiger charge is 2.08. The number of hydrogen-bond donors (Lipinski definition) is 0. The number of rotatable bonds is 0. The predicted molar refractivity (Wildman–Crippen MR) is 183 cm³/mol. The zero-order chi connectivity index (χ0) is 29.8. The van der Waals surface area contributed by atoms with E-state index < -0.39 is 0 Å². The summed E-state index contributed by atoms with van der Waals surface area (Å²) in [6, 6.07) is 34.5. The molecule has 0 radical (unpaired) electrons. The van der Waals surface area contributed by atoms with Crippen LogP contribution < -0.4 is 0 Å². The van der Waals surface area contributed by atoms with Gasteiger partial charge in [0.15, 0.2) is 0 Å². The third kappa shape index (κ3) is 8.72. The molecule has 1 aromatic heterocycles. The van der Waals surface area contributed by atoms with Crippen molar-refractivity contribution in [3.8, 4) is 0 Å². The van der Waals surface area contributed by atoms with Crippen molar-refractivity contribution in [3.63, 3.8) is 0 Å². The molecule has 0 N–H and O–H groups in total. The SMILES string of the molecule is CC.CC.CC.CC.CC.Cc1cccc2c3ccccc3c3ccccc3c12.Cn1ccc2ccccc21. The Bertz CT molecular complexity index is 1430. The molecular formula is C38H53N. The molecule has 0 spiro atoms. The van der Waals surface area contributed by atoms with Crippen molar-refractivity contribution in [2.75, 3.05) is 0 Å². The Morgan fingerprint density at radius 1 is 0.410 bits per heavy atom.